The van der Waals surface area contributed by atoms with Crippen LogP contribution < -0.4 is 0 Å². The summed E-state index contributed by atoms with van der Waals surface area (Å²) in [6, 6.07) is 82.9. The molecule has 0 radical (unpaired) electrons. The Labute approximate surface area is 313 Å². The minimum Gasteiger partial charge on any atom is -0.372 e. The van der Waals surface area contributed by atoms with Crippen LogP contribution in [0.2, 0.25) is 0 Å². The van der Waals surface area contributed by atoms with Gasteiger partial charge in [-0.15, -0.1) is 0 Å². The van der Waals surface area contributed by atoms with Gasteiger partial charge >= 0.3 is 0 Å². The molecule has 0 saturated carbocycles. The van der Waals surface area contributed by atoms with Crippen molar-refractivity contribution >= 4 is 0 Å². The van der Waals surface area contributed by atoms with E-state index in [2.05, 4.69) is 231 Å². The van der Waals surface area contributed by atoms with E-state index in [4.69, 9.17) is 4.74 Å². The van der Waals surface area contributed by atoms with Crippen LogP contribution in [0, 0.1) is 0 Å². The zero-order chi connectivity index (χ0) is 35.8. The first-order valence-corrected chi connectivity index (χ1v) is 18.4. The van der Waals surface area contributed by atoms with Gasteiger partial charge in [0.2, 0.25) is 0 Å². The number of hydrogen-bond donors (Lipinski definition) is 0. The topological polar surface area (TPSA) is 9.23 Å². The molecule has 0 fully saturated rings. The molecule has 0 N–H and O–H groups in total. The van der Waals surface area contributed by atoms with Crippen LogP contribution >= 0.6 is 0 Å². The van der Waals surface area contributed by atoms with Gasteiger partial charge < -0.3 is 4.74 Å². The van der Waals surface area contributed by atoms with Crippen molar-refractivity contribution in [1.29, 1.82) is 0 Å². The third kappa shape index (κ3) is 6.31. The average Bonchev–Trinajstić information content (AvgIpc) is 3.25. The molecule has 1 heteroatoms. The molecular weight excluding hydrogens is 641 g/mol. The molecular formula is C52H42O. The highest BCUT2D eigenvalue weighted by atomic mass is 16.5. The molecule has 8 aromatic rings. The van der Waals surface area contributed by atoms with Crippen molar-refractivity contribution in [3.8, 4) is 0 Å². The summed E-state index contributed by atoms with van der Waals surface area (Å²) in [5.74, 6) is 0. The molecule has 1 nitrogen and oxygen atoms in total. The molecule has 0 unspecified atom stereocenters. The van der Waals surface area contributed by atoms with Gasteiger partial charge in [0.1, 0.15) is 0 Å². The van der Waals surface area contributed by atoms with Crippen LogP contribution in [-0.2, 0) is 28.8 Å². The molecule has 0 heterocycles. The van der Waals surface area contributed by atoms with Crippen LogP contribution in [0.15, 0.2) is 231 Å². The molecule has 0 aliphatic heterocycles. The number of ether oxygens (including phenoxy) is 1. The molecule has 0 atom stereocenters. The fourth-order valence-corrected chi connectivity index (χ4v) is 8.36. The van der Waals surface area contributed by atoms with Crippen molar-refractivity contribution in [1.82, 2.24) is 0 Å². The Balaban J connectivity index is 1.24. The summed E-state index contributed by atoms with van der Waals surface area (Å²) in [6.45, 7) is 0.904. The van der Waals surface area contributed by atoms with Gasteiger partial charge in [-0.25, -0.2) is 0 Å². The summed E-state index contributed by atoms with van der Waals surface area (Å²) >= 11 is 0. The van der Waals surface area contributed by atoms with Crippen LogP contribution in [0.4, 0.5) is 0 Å². The van der Waals surface area contributed by atoms with Crippen LogP contribution in [0.5, 0.6) is 0 Å². The Morgan fingerprint density at radius 1 is 0.245 bits per heavy atom. The Bertz CT molecular complexity index is 1970. The van der Waals surface area contributed by atoms with Crippen molar-refractivity contribution in [2.75, 3.05) is 0 Å². The predicted octanol–water partition coefficient (Wildman–Crippen LogP) is 12.2. The second kappa shape index (κ2) is 15.5. The van der Waals surface area contributed by atoms with Crippen molar-refractivity contribution < 1.29 is 4.74 Å². The third-order valence-corrected chi connectivity index (χ3v) is 10.6. The number of hydrogen-bond acceptors (Lipinski definition) is 1. The molecule has 0 aliphatic rings. The highest BCUT2D eigenvalue weighted by Gasteiger charge is 2.41. The van der Waals surface area contributed by atoms with Gasteiger partial charge in [-0.05, 0) is 55.6 Å². The predicted molar refractivity (Wildman–Crippen MR) is 218 cm³/mol. The molecule has 0 amide bonds. The van der Waals surface area contributed by atoms with E-state index in [9.17, 15) is 0 Å². The minimum atomic E-state index is -0.551. The van der Waals surface area contributed by atoms with Crippen LogP contribution in [0.25, 0.3) is 0 Å². The average molecular weight is 683 g/mol. The van der Waals surface area contributed by atoms with Gasteiger partial charge in [-0.3, -0.25) is 0 Å². The molecule has 8 rings (SSSR count). The summed E-state index contributed by atoms with van der Waals surface area (Å²) < 4.78 is 6.89. The van der Waals surface area contributed by atoms with Crippen molar-refractivity contribution in [3.63, 3.8) is 0 Å². The number of rotatable bonds is 12. The monoisotopic (exact) mass is 682 g/mol. The maximum absolute atomic E-state index is 6.89. The molecule has 256 valence electrons. The van der Waals surface area contributed by atoms with E-state index in [-0.39, 0.29) is 0 Å². The summed E-state index contributed by atoms with van der Waals surface area (Å²) in [6.07, 6.45) is 0. The fraction of sp³-hybridized carbons (Fsp3) is 0.0769. The summed E-state index contributed by atoms with van der Waals surface area (Å²) in [7, 11) is 0. The van der Waals surface area contributed by atoms with E-state index in [0.29, 0.717) is 13.2 Å². The lowest BCUT2D eigenvalue weighted by Crippen LogP contribution is -2.32. The van der Waals surface area contributed by atoms with E-state index >= 15 is 0 Å². The second-order valence-electron chi connectivity index (χ2n) is 13.5. The highest BCUT2D eigenvalue weighted by molar-refractivity contribution is 5.63. The van der Waals surface area contributed by atoms with Crippen LogP contribution in [-0.4, -0.2) is 0 Å². The van der Waals surface area contributed by atoms with Crippen LogP contribution in [0.3, 0.4) is 0 Å². The molecule has 0 saturated heterocycles. The molecule has 53 heavy (non-hydrogen) atoms. The second-order valence-corrected chi connectivity index (χ2v) is 13.5. The Morgan fingerprint density at radius 2 is 0.453 bits per heavy atom. The van der Waals surface area contributed by atoms with E-state index in [1.54, 1.807) is 0 Å². The molecule has 0 aliphatic carbocycles. The van der Waals surface area contributed by atoms with Gasteiger partial charge in [-0.2, -0.15) is 0 Å². The van der Waals surface area contributed by atoms with E-state index in [0.717, 1.165) is 11.1 Å². The molecule has 0 bridgehead atoms. The Morgan fingerprint density at radius 3 is 0.698 bits per heavy atom. The zero-order valence-corrected chi connectivity index (χ0v) is 29.8. The molecule has 0 aromatic heterocycles. The zero-order valence-electron chi connectivity index (χ0n) is 29.8. The van der Waals surface area contributed by atoms with Crippen molar-refractivity contribution in [3.05, 3.63) is 286 Å². The third-order valence-electron chi connectivity index (χ3n) is 10.6. The molecule has 0 spiro atoms. The fourth-order valence-electron chi connectivity index (χ4n) is 8.36. The first-order chi connectivity index (χ1) is 26.3. The Kier molecular flexibility index (Phi) is 9.92. The minimum absolute atomic E-state index is 0.452. The smallest absolute Gasteiger partial charge is 0.0724 e. The Hall–Kier alpha value is -6.28. The normalized spacial score (nSPS) is 11.6. The van der Waals surface area contributed by atoms with Gasteiger partial charge in [0.05, 0.1) is 24.0 Å². The maximum atomic E-state index is 6.89. The molecule has 8 aromatic carbocycles. The number of benzene rings is 8. The van der Waals surface area contributed by atoms with E-state index in [1.165, 1.54) is 44.5 Å². The summed E-state index contributed by atoms with van der Waals surface area (Å²) in [5, 5.41) is 0. The standard InChI is InChI=1S/C52H42O/c1-7-25-43(26-8-1)51(44-27-9-2-10-28-44,45-29-11-3-12-30-45)49-37-21-19-23-41(49)39-53-40-42-24-20-22-38-50(42)52(46-31-13-4-14-32-46,47-33-15-5-16-34-47)48-35-17-6-18-36-48/h1-38H,39-40H2. The summed E-state index contributed by atoms with van der Waals surface area (Å²) in [4.78, 5) is 0. The SMILES string of the molecule is c1ccc(C(c2ccccc2)(c2ccccc2)c2ccccc2COCc2ccccc2C(c2ccccc2)(c2ccccc2)c2ccccc2)cc1. The largest absolute Gasteiger partial charge is 0.372 e. The van der Waals surface area contributed by atoms with Gasteiger partial charge in [0.25, 0.3) is 0 Å². The summed E-state index contributed by atoms with van der Waals surface area (Å²) in [5.41, 5.74) is 10.9. The van der Waals surface area contributed by atoms with Crippen LogP contribution in [0.1, 0.15) is 55.6 Å². The van der Waals surface area contributed by atoms with Crippen molar-refractivity contribution in [2.45, 2.75) is 24.0 Å². The van der Waals surface area contributed by atoms with Gasteiger partial charge in [-0.1, -0.05) is 231 Å². The van der Waals surface area contributed by atoms with E-state index in [1.807, 2.05) is 0 Å². The first kappa shape index (κ1) is 33.8. The lowest BCUT2D eigenvalue weighted by atomic mass is 9.64. The lowest BCUT2D eigenvalue weighted by molar-refractivity contribution is 0.105. The quantitative estimate of drug-likeness (QED) is 0.117. The van der Waals surface area contributed by atoms with Gasteiger partial charge in [0.15, 0.2) is 0 Å². The van der Waals surface area contributed by atoms with E-state index < -0.39 is 10.8 Å². The maximum Gasteiger partial charge on any atom is 0.0724 e. The lowest BCUT2D eigenvalue weighted by Gasteiger charge is -2.38. The van der Waals surface area contributed by atoms with Crippen molar-refractivity contribution in [2.24, 2.45) is 0 Å². The first-order valence-electron chi connectivity index (χ1n) is 18.4. The van der Waals surface area contributed by atoms with Gasteiger partial charge in [0, 0.05) is 0 Å². The highest BCUT2D eigenvalue weighted by Crippen LogP contribution is 2.48.